The van der Waals surface area contributed by atoms with Crippen LogP contribution in [0.5, 0.6) is 11.5 Å². The zero-order valence-electron chi connectivity index (χ0n) is 19.8. The van der Waals surface area contributed by atoms with Gasteiger partial charge in [-0.25, -0.2) is 0 Å². The summed E-state index contributed by atoms with van der Waals surface area (Å²) in [6, 6.07) is 6.30. The topological polar surface area (TPSA) is 87.2 Å². The van der Waals surface area contributed by atoms with Crippen LogP contribution in [-0.2, 0) is 6.54 Å². The van der Waals surface area contributed by atoms with E-state index < -0.39 is 18.4 Å². The van der Waals surface area contributed by atoms with Crippen LogP contribution in [0.15, 0.2) is 34.4 Å². The second-order valence-corrected chi connectivity index (χ2v) is 25.8. The van der Waals surface area contributed by atoms with Crippen LogP contribution in [0.3, 0.4) is 0 Å². The summed E-state index contributed by atoms with van der Waals surface area (Å²) in [6.45, 7) is 9.60. The monoisotopic (exact) mass is 563 g/mol. The Kier molecular flexibility index (Phi) is 6.57. The number of nitrogens with one attached hydrogen (secondary N) is 1. The summed E-state index contributed by atoms with van der Waals surface area (Å²) in [5.41, 5.74) is 8.19. The molecule has 3 aromatic rings. The maximum absolute atomic E-state index is 6.18. The summed E-state index contributed by atoms with van der Waals surface area (Å²) in [5, 5.41) is 4.50. The number of imidazole rings is 1. The van der Waals surface area contributed by atoms with Crippen molar-refractivity contribution in [2.45, 2.75) is 52.2 Å². The molecule has 0 atom stereocenters. The molecule has 1 aliphatic heterocycles. The zero-order valence-corrected chi connectivity index (χ0v) is 23.5. The van der Waals surface area contributed by atoms with Gasteiger partial charge in [-0.15, -0.1) is 0 Å². The van der Waals surface area contributed by atoms with Crippen LogP contribution < -0.4 is 24.1 Å². The Hall–Kier alpha value is -1.65. The predicted molar refractivity (Wildman–Crippen MR) is 134 cm³/mol. The van der Waals surface area contributed by atoms with E-state index >= 15 is 0 Å². The average molecular weight is 562 g/mol. The quantitative estimate of drug-likeness (QED) is 0.332. The number of hydrogen-bond donors (Lipinski definition) is 2. The Morgan fingerprint density at radius 2 is 1.91 bits per heavy atom. The number of ether oxygens (including phenoxy) is 2. The first-order chi connectivity index (χ1) is 15.0. The molecule has 9 heteroatoms. The Labute approximate surface area is 198 Å². The van der Waals surface area contributed by atoms with Crippen molar-refractivity contribution >= 4 is 50.6 Å². The second-order valence-electron chi connectivity index (χ2n) is 10.4. The van der Waals surface area contributed by atoms with Crippen molar-refractivity contribution in [1.29, 1.82) is 0 Å². The van der Waals surface area contributed by atoms with Gasteiger partial charge in [0.2, 0.25) is 0 Å². The van der Waals surface area contributed by atoms with Gasteiger partial charge in [0.15, 0.2) is 0 Å². The van der Waals surface area contributed by atoms with Gasteiger partial charge in [-0.05, 0) is 0 Å². The standard InChI is InChI=1S/C20H24N5O2S.3CH3.Sn/c1-20(2,3)11-22-8-9-25-14-6-7-23-18(21)17(14)24-19(25)28-13-4-5-15-16(10-13)27-12-26-15;;;;/h5-7,10,22H,8-9,11-12H2,1-3H3,(H2,21,23);3*1H3;. The number of benzene rings is 1. The van der Waals surface area contributed by atoms with Gasteiger partial charge in [0, 0.05) is 0 Å². The van der Waals surface area contributed by atoms with Crippen molar-refractivity contribution in [1.82, 2.24) is 19.9 Å². The molecule has 172 valence electrons. The van der Waals surface area contributed by atoms with E-state index in [0.29, 0.717) is 5.82 Å². The van der Waals surface area contributed by atoms with Crippen LogP contribution in [0.4, 0.5) is 5.82 Å². The first kappa shape index (κ1) is 23.5. The molecule has 1 aliphatic rings. The molecule has 2 aromatic heterocycles. The van der Waals surface area contributed by atoms with E-state index in [-0.39, 0.29) is 12.2 Å². The summed E-state index contributed by atoms with van der Waals surface area (Å²) in [5.74, 6) is 2.12. The number of fused-ring (bicyclic) bond motifs is 2. The van der Waals surface area contributed by atoms with Crippen LogP contribution in [-0.4, -0.2) is 52.8 Å². The van der Waals surface area contributed by atoms with Crippen LogP contribution in [0.25, 0.3) is 11.0 Å². The molecule has 0 saturated heterocycles. The molecule has 0 bridgehead atoms. The minimum absolute atomic E-state index is 0.240. The minimum atomic E-state index is -2.44. The van der Waals surface area contributed by atoms with E-state index in [1.165, 1.54) is 8.47 Å². The number of pyridine rings is 1. The van der Waals surface area contributed by atoms with Crippen molar-refractivity contribution < 1.29 is 9.47 Å². The number of nitrogens with zero attached hydrogens (tertiary/aromatic N) is 3. The number of rotatable bonds is 7. The fourth-order valence-corrected chi connectivity index (χ4v) is 11.1. The molecule has 32 heavy (non-hydrogen) atoms. The molecule has 0 radical (unpaired) electrons. The summed E-state index contributed by atoms with van der Waals surface area (Å²) < 4.78 is 15.0. The molecule has 0 aliphatic carbocycles. The predicted octanol–water partition coefficient (Wildman–Crippen LogP) is 4.07. The fourth-order valence-electron chi connectivity index (χ4n) is 3.69. The fraction of sp³-hybridized carbons (Fsp3) is 0.478. The first-order valence-electron chi connectivity index (χ1n) is 11.0. The summed E-state index contributed by atoms with van der Waals surface area (Å²) in [7, 11) is 0. The molecular weight excluding hydrogens is 529 g/mol. The van der Waals surface area contributed by atoms with Crippen LogP contribution in [0.2, 0.25) is 14.8 Å². The molecule has 0 saturated carbocycles. The molecule has 0 fully saturated rings. The Morgan fingerprint density at radius 3 is 2.59 bits per heavy atom. The molecule has 0 unspecified atom stereocenters. The third kappa shape index (κ3) is 5.12. The van der Waals surface area contributed by atoms with Crippen LogP contribution in [0, 0.1) is 5.41 Å². The van der Waals surface area contributed by atoms with E-state index in [0.717, 1.165) is 47.3 Å². The van der Waals surface area contributed by atoms with Gasteiger partial charge >= 0.3 is 199 Å². The van der Waals surface area contributed by atoms with Gasteiger partial charge < -0.3 is 0 Å². The first-order valence-corrected chi connectivity index (χ1v) is 21.8. The van der Waals surface area contributed by atoms with E-state index in [2.05, 4.69) is 62.6 Å². The van der Waals surface area contributed by atoms with Gasteiger partial charge in [0.05, 0.1) is 0 Å². The van der Waals surface area contributed by atoms with Crippen molar-refractivity contribution in [3.05, 3.63) is 24.4 Å². The van der Waals surface area contributed by atoms with E-state index in [1.54, 1.807) is 18.0 Å². The summed E-state index contributed by atoms with van der Waals surface area (Å²) >= 11 is -0.754. The number of aromatic nitrogens is 3. The number of hydrogen-bond acceptors (Lipinski definition) is 7. The van der Waals surface area contributed by atoms with E-state index in [1.807, 2.05) is 6.07 Å². The molecule has 7 nitrogen and oxygen atoms in total. The Morgan fingerprint density at radius 1 is 1.19 bits per heavy atom. The van der Waals surface area contributed by atoms with E-state index in [9.17, 15) is 0 Å². The van der Waals surface area contributed by atoms with Gasteiger partial charge in [0.1, 0.15) is 0 Å². The van der Waals surface area contributed by atoms with Crippen molar-refractivity contribution in [2.24, 2.45) is 5.41 Å². The van der Waals surface area contributed by atoms with Gasteiger partial charge in [0.25, 0.3) is 0 Å². The third-order valence-electron chi connectivity index (χ3n) is 5.31. The molecule has 4 rings (SSSR count). The van der Waals surface area contributed by atoms with Gasteiger partial charge in [-0.1, -0.05) is 0 Å². The molecule has 0 spiro atoms. The molecular formula is C23H33N5O2SSn. The van der Waals surface area contributed by atoms with Crippen LogP contribution >= 0.6 is 11.8 Å². The van der Waals surface area contributed by atoms with Crippen molar-refractivity contribution in [2.75, 3.05) is 25.6 Å². The SMILES string of the molecule is CC(C)(C)CNCCn1c(Sc2cc3c(c[c]2[Sn]([CH3])([CH3])[CH3])OCO3)nc2c(N)nccc21. The number of anilines is 1. The number of nitrogens with two attached hydrogens (primary N) is 1. The third-order valence-corrected chi connectivity index (χ3v) is 12.7. The second kappa shape index (κ2) is 8.95. The maximum atomic E-state index is 6.18. The molecule has 1 aromatic carbocycles. The average Bonchev–Trinajstić information content (AvgIpc) is 3.28. The van der Waals surface area contributed by atoms with Gasteiger partial charge in [-0.2, -0.15) is 0 Å². The molecule has 3 N–H and O–H groups in total. The normalized spacial score (nSPS) is 13.8. The summed E-state index contributed by atoms with van der Waals surface area (Å²) in [4.78, 5) is 17.6. The van der Waals surface area contributed by atoms with Gasteiger partial charge in [-0.3, -0.25) is 0 Å². The zero-order chi connectivity index (χ0) is 23.1. The molecule has 0 amide bonds. The van der Waals surface area contributed by atoms with E-state index in [4.69, 9.17) is 20.2 Å². The van der Waals surface area contributed by atoms with Crippen molar-refractivity contribution in [3.8, 4) is 11.5 Å². The molecule has 3 heterocycles. The Bertz CT molecular complexity index is 1130. The summed E-state index contributed by atoms with van der Waals surface area (Å²) in [6.07, 6.45) is 1.75. The van der Waals surface area contributed by atoms with Crippen molar-refractivity contribution in [3.63, 3.8) is 0 Å². The van der Waals surface area contributed by atoms with Crippen LogP contribution in [0.1, 0.15) is 20.8 Å². The Balaban J connectivity index is 1.71. The number of nitrogen functional groups attached to an aromatic ring is 1.